The van der Waals surface area contributed by atoms with Crippen molar-refractivity contribution in [2.24, 2.45) is 22.9 Å². The zero-order chi connectivity index (χ0) is 8.24. The van der Waals surface area contributed by atoms with Gasteiger partial charge in [-0.25, -0.2) is 0 Å². The molecule has 0 bridgehead atoms. The predicted molar refractivity (Wildman–Crippen MR) is 45.5 cm³/mol. The van der Waals surface area contributed by atoms with Crippen LogP contribution in [0.1, 0.15) is 12.8 Å². The fourth-order valence-corrected chi connectivity index (χ4v) is 0.236. The molecule has 0 aromatic rings. The minimum absolute atomic E-state index is 0. The fraction of sp³-hybridized carbons (Fsp3) is 1.00. The van der Waals surface area contributed by atoms with Crippen molar-refractivity contribution in [2.45, 2.75) is 12.8 Å². The Bertz CT molecular complexity index is 35.6. The van der Waals surface area contributed by atoms with E-state index in [4.69, 9.17) is 22.9 Å². The average molecular weight is 212 g/mol. The van der Waals surface area contributed by atoms with Gasteiger partial charge in [-0.15, -0.1) is 0 Å². The molecular weight excluding hydrogens is 192 g/mol. The maximum atomic E-state index is 5.06. The third-order valence-electron chi connectivity index (χ3n) is 0.816. The molecule has 0 saturated heterocycles. The SMILES string of the molecule is NCCCN.NCCCN.[Cu+]. The van der Waals surface area contributed by atoms with Crippen LogP contribution in [0.5, 0.6) is 0 Å². The second kappa shape index (κ2) is 22.4. The second-order valence-electron chi connectivity index (χ2n) is 1.86. The van der Waals surface area contributed by atoms with Crippen molar-refractivity contribution < 1.29 is 17.1 Å². The van der Waals surface area contributed by atoms with E-state index in [9.17, 15) is 0 Å². The van der Waals surface area contributed by atoms with Crippen LogP contribution in [0.25, 0.3) is 0 Å². The van der Waals surface area contributed by atoms with Gasteiger partial charge in [0.2, 0.25) is 0 Å². The molecule has 0 fully saturated rings. The van der Waals surface area contributed by atoms with Crippen LogP contribution in [0.15, 0.2) is 0 Å². The Balaban J connectivity index is -0.000000107. The van der Waals surface area contributed by atoms with E-state index in [1.807, 2.05) is 0 Å². The smallest absolute Gasteiger partial charge is 0.330 e. The molecule has 11 heavy (non-hydrogen) atoms. The molecule has 5 heteroatoms. The Hall–Kier alpha value is 0.359. The standard InChI is InChI=1S/2C3H10N2.Cu/c2*4-2-1-3-5;/h2*1-5H2;/q;;+1. The van der Waals surface area contributed by atoms with Gasteiger partial charge in [-0.05, 0) is 39.0 Å². The first-order valence-electron chi connectivity index (χ1n) is 3.63. The van der Waals surface area contributed by atoms with Crippen molar-refractivity contribution in [3.63, 3.8) is 0 Å². The zero-order valence-corrected chi connectivity index (χ0v) is 7.80. The maximum Gasteiger partial charge on any atom is 1.00 e. The third kappa shape index (κ3) is 38.1. The van der Waals surface area contributed by atoms with E-state index in [-0.39, 0.29) is 17.1 Å². The topological polar surface area (TPSA) is 104 Å². The Morgan fingerprint density at radius 2 is 0.727 bits per heavy atom. The molecule has 0 aliphatic carbocycles. The maximum absolute atomic E-state index is 5.06. The van der Waals surface area contributed by atoms with E-state index in [0.717, 1.165) is 39.0 Å². The minimum atomic E-state index is 0. The molecule has 8 N–H and O–H groups in total. The summed E-state index contributed by atoms with van der Waals surface area (Å²) in [6.45, 7) is 2.88. The van der Waals surface area contributed by atoms with Gasteiger partial charge in [-0.3, -0.25) is 0 Å². The van der Waals surface area contributed by atoms with Gasteiger partial charge in [0.15, 0.2) is 0 Å². The first kappa shape index (κ1) is 17.4. The van der Waals surface area contributed by atoms with E-state index in [2.05, 4.69) is 0 Å². The van der Waals surface area contributed by atoms with E-state index in [1.165, 1.54) is 0 Å². The first-order chi connectivity index (χ1) is 4.83. The summed E-state index contributed by atoms with van der Waals surface area (Å²) in [5.74, 6) is 0. The predicted octanol–water partition coefficient (Wildman–Crippen LogP) is -1.41. The molecule has 0 saturated carbocycles. The van der Waals surface area contributed by atoms with Crippen LogP contribution < -0.4 is 22.9 Å². The van der Waals surface area contributed by atoms with Crippen molar-refractivity contribution in [1.29, 1.82) is 0 Å². The van der Waals surface area contributed by atoms with Gasteiger partial charge in [-0.1, -0.05) is 0 Å². The van der Waals surface area contributed by atoms with E-state index >= 15 is 0 Å². The molecular formula is C6H20CuN4+. The quantitative estimate of drug-likeness (QED) is 0.429. The van der Waals surface area contributed by atoms with Gasteiger partial charge in [0.05, 0.1) is 0 Å². The van der Waals surface area contributed by atoms with Gasteiger partial charge in [-0.2, -0.15) is 0 Å². The van der Waals surface area contributed by atoms with Crippen LogP contribution in [0, 0.1) is 0 Å². The Morgan fingerprint density at radius 3 is 0.727 bits per heavy atom. The molecule has 0 unspecified atom stereocenters. The summed E-state index contributed by atoms with van der Waals surface area (Å²) >= 11 is 0. The van der Waals surface area contributed by atoms with Crippen LogP contribution in [0.3, 0.4) is 0 Å². The summed E-state index contributed by atoms with van der Waals surface area (Å²) < 4.78 is 0. The molecule has 0 aromatic heterocycles. The van der Waals surface area contributed by atoms with Gasteiger partial charge < -0.3 is 22.9 Å². The molecule has 0 aliphatic rings. The monoisotopic (exact) mass is 211 g/mol. The van der Waals surface area contributed by atoms with Crippen molar-refractivity contribution >= 4 is 0 Å². The van der Waals surface area contributed by atoms with Crippen molar-refractivity contribution in [1.82, 2.24) is 0 Å². The van der Waals surface area contributed by atoms with Crippen molar-refractivity contribution in [2.75, 3.05) is 26.2 Å². The van der Waals surface area contributed by atoms with Crippen LogP contribution in [-0.2, 0) is 17.1 Å². The van der Waals surface area contributed by atoms with Crippen LogP contribution >= 0.6 is 0 Å². The summed E-state index contributed by atoms with van der Waals surface area (Å²) in [7, 11) is 0. The summed E-state index contributed by atoms with van der Waals surface area (Å²) in [5.41, 5.74) is 20.2. The zero-order valence-electron chi connectivity index (χ0n) is 6.85. The third-order valence-corrected chi connectivity index (χ3v) is 0.816. The Kier molecular flexibility index (Phi) is 35.6. The summed E-state index contributed by atoms with van der Waals surface area (Å²) in [6, 6.07) is 0. The number of nitrogens with two attached hydrogens (primary N) is 4. The number of hydrogen-bond acceptors (Lipinski definition) is 4. The van der Waals surface area contributed by atoms with Gasteiger partial charge in [0, 0.05) is 0 Å². The number of hydrogen-bond donors (Lipinski definition) is 4. The summed E-state index contributed by atoms with van der Waals surface area (Å²) in [5, 5.41) is 0. The Labute approximate surface area is 79.5 Å². The van der Waals surface area contributed by atoms with Crippen LogP contribution in [0.4, 0.5) is 0 Å². The molecule has 0 aromatic carbocycles. The van der Waals surface area contributed by atoms with Gasteiger partial charge in [0.1, 0.15) is 0 Å². The average Bonchev–Trinajstić information content (AvgIpc) is 1.93. The Morgan fingerprint density at radius 1 is 0.545 bits per heavy atom. The second-order valence-corrected chi connectivity index (χ2v) is 1.86. The minimum Gasteiger partial charge on any atom is -0.330 e. The molecule has 4 nitrogen and oxygen atoms in total. The summed E-state index contributed by atoms with van der Waals surface area (Å²) in [6.07, 6.45) is 1.89. The molecule has 0 rings (SSSR count). The normalized spacial score (nSPS) is 7.64. The van der Waals surface area contributed by atoms with Crippen LogP contribution in [-0.4, -0.2) is 26.2 Å². The first-order valence-corrected chi connectivity index (χ1v) is 3.63. The largest absolute Gasteiger partial charge is 1.00 e. The van der Waals surface area contributed by atoms with Crippen LogP contribution in [0.2, 0.25) is 0 Å². The van der Waals surface area contributed by atoms with Crippen molar-refractivity contribution in [3.8, 4) is 0 Å². The van der Waals surface area contributed by atoms with Crippen molar-refractivity contribution in [3.05, 3.63) is 0 Å². The van der Waals surface area contributed by atoms with Gasteiger partial charge >= 0.3 is 17.1 Å². The molecule has 0 spiro atoms. The molecule has 0 heterocycles. The van der Waals surface area contributed by atoms with E-state index in [0.29, 0.717) is 0 Å². The number of rotatable bonds is 4. The van der Waals surface area contributed by atoms with E-state index < -0.39 is 0 Å². The summed E-state index contributed by atoms with van der Waals surface area (Å²) in [4.78, 5) is 0. The van der Waals surface area contributed by atoms with E-state index in [1.54, 1.807) is 0 Å². The molecule has 0 aliphatic heterocycles. The fourth-order valence-electron chi connectivity index (χ4n) is 0.236. The molecule has 0 atom stereocenters. The van der Waals surface area contributed by atoms with Gasteiger partial charge in [0.25, 0.3) is 0 Å². The molecule has 0 amide bonds. The molecule has 0 radical (unpaired) electrons. The molecule has 74 valence electrons.